The Morgan fingerprint density at radius 1 is 0.906 bits per heavy atom. The highest BCUT2D eigenvalue weighted by Gasteiger charge is 2.74. The number of nitrogens with zero attached hydrogens (tertiary/aromatic N) is 1. The first-order chi connectivity index (χ1) is 14.5. The van der Waals surface area contributed by atoms with E-state index in [2.05, 4.69) is 0 Å². The molecule has 1 amide bonds. The summed E-state index contributed by atoms with van der Waals surface area (Å²) in [5.41, 5.74) is -9.13. The van der Waals surface area contributed by atoms with Crippen LogP contribution >= 0.6 is 0 Å². The van der Waals surface area contributed by atoms with Gasteiger partial charge >= 0.3 is 24.2 Å². The molecule has 1 saturated carbocycles. The second-order valence-electron chi connectivity index (χ2n) is 8.65. The Morgan fingerprint density at radius 3 is 2.00 bits per heavy atom. The first kappa shape index (κ1) is 23.2. The molecule has 0 N–H and O–H groups in total. The van der Waals surface area contributed by atoms with Crippen molar-refractivity contribution in [2.24, 2.45) is 5.41 Å². The standard InChI is InChI=1S/C20H17F10NO/c21-17(19(25,26)27,20(28,29)30)11-2-3-12-10(9-11)1-4-14-13(12)5-8-31(14)15(32)16(6-7-16)18(22,23)24/h2-3,9,13-14H,1,4-8H2/t13-,14+/m0/s1. The smallest absolute Gasteiger partial charge is 0.338 e. The van der Waals surface area contributed by atoms with E-state index in [4.69, 9.17) is 0 Å². The molecule has 1 aromatic rings. The molecular formula is C20H17F10NO. The van der Waals surface area contributed by atoms with Crippen LogP contribution in [0.3, 0.4) is 0 Å². The van der Waals surface area contributed by atoms with Gasteiger partial charge in [-0.3, -0.25) is 4.79 Å². The van der Waals surface area contributed by atoms with Crippen LogP contribution in [0.2, 0.25) is 0 Å². The lowest BCUT2D eigenvalue weighted by molar-refractivity contribution is -0.348. The molecule has 1 saturated heterocycles. The van der Waals surface area contributed by atoms with Crippen LogP contribution in [0.5, 0.6) is 0 Å². The first-order valence-electron chi connectivity index (χ1n) is 9.88. The van der Waals surface area contributed by atoms with E-state index < -0.39 is 53.0 Å². The van der Waals surface area contributed by atoms with Gasteiger partial charge in [0.1, 0.15) is 5.41 Å². The molecule has 2 aliphatic carbocycles. The number of hydrogen-bond donors (Lipinski definition) is 0. The zero-order chi connectivity index (χ0) is 23.9. The molecule has 2 nitrogen and oxygen atoms in total. The number of likely N-dealkylation sites (tertiary alicyclic amines) is 1. The van der Waals surface area contributed by atoms with Crippen LogP contribution in [0.25, 0.3) is 0 Å². The number of alkyl halides is 10. The molecule has 2 fully saturated rings. The maximum Gasteiger partial charge on any atom is 0.435 e. The van der Waals surface area contributed by atoms with Crippen molar-refractivity contribution in [2.75, 3.05) is 6.54 Å². The molecule has 1 aromatic carbocycles. The highest BCUT2D eigenvalue weighted by molar-refractivity contribution is 5.87. The molecule has 0 aromatic heterocycles. The van der Waals surface area contributed by atoms with Gasteiger partial charge in [0.25, 0.3) is 0 Å². The molecule has 3 aliphatic rings. The summed E-state index contributed by atoms with van der Waals surface area (Å²) in [4.78, 5) is 13.8. The Labute approximate surface area is 175 Å². The van der Waals surface area contributed by atoms with Gasteiger partial charge in [-0.25, -0.2) is 4.39 Å². The molecule has 0 bridgehead atoms. The van der Waals surface area contributed by atoms with Gasteiger partial charge < -0.3 is 4.90 Å². The third kappa shape index (κ3) is 3.11. The Balaban J connectivity index is 1.64. The highest BCUT2D eigenvalue weighted by Crippen LogP contribution is 2.60. The molecule has 0 spiro atoms. The van der Waals surface area contributed by atoms with Crippen LogP contribution < -0.4 is 0 Å². The molecule has 32 heavy (non-hydrogen) atoms. The van der Waals surface area contributed by atoms with E-state index in [0.29, 0.717) is 17.7 Å². The van der Waals surface area contributed by atoms with Gasteiger partial charge in [0, 0.05) is 24.1 Å². The zero-order valence-corrected chi connectivity index (χ0v) is 16.3. The summed E-state index contributed by atoms with van der Waals surface area (Å²) in [5, 5.41) is 0. The number of rotatable bonds is 2. The molecular weight excluding hydrogens is 460 g/mol. The minimum Gasteiger partial charge on any atom is -0.338 e. The maximum absolute atomic E-state index is 14.4. The topological polar surface area (TPSA) is 20.3 Å². The minimum atomic E-state index is -6.23. The second kappa shape index (κ2) is 6.75. The lowest BCUT2D eigenvalue weighted by atomic mass is 9.77. The van der Waals surface area contributed by atoms with Crippen molar-refractivity contribution in [2.45, 2.75) is 68.3 Å². The fourth-order valence-corrected chi connectivity index (χ4v) is 5.03. The number of halogens is 10. The third-order valence-electron chi connectivity index (χ3n) is 6.94. The van der Waals surface area contributed by atoms with Gasteiger partial charge in [-0.1, -0.05) is 18.2 Å². The molecule has 1 aliphatic heterocycles. The van der Waals surface area contributed by atoms with Gasteiger partial charge in [-0.2, -0.15) is 39.5 Å². The lowest BCUT2D eigenvalue weighted by Crippen LogP contribution is -2.50. The van der Waals surface area contributed by atoms with Crippen LogP contribution in [0, 0.1) is 5.41 Å². The molecule has 2 atom stereocenters. The van der Waals surface area contributed by atoms with E-state index >= 15 is 0 Å². The normalized spacial score (nSPS) is 25.4. The largest absolute Gasteiger partial charge is 0.435 e. The summed E-state index contributed by atoms with van der Waals surface area (Å²) in [6, 6.07) is 1.29. The van der Waals surface area contributed by atoms with E-state index in [1.807, 2.05) is 0 Å². The van der Waals surface area contributed by atoms with Crippen molar-refractivity contribution in [3.63, 3.8) is 0 Å². The predicted molar refractivity (Wildman–Crippen MR) is 90.2 cm³/mol. The van der Waals surface area contributed by atoms with Crippen molar-refractivity contribution in [3.05, 3.63) is 34.9 Å². The monoisotopic (exact) mass is 477 g/mol. The summed E-state index contributed by atoms with van der Waals surface area (Å²) >= 11 is 0. The molecule has 12 heteroatoms. The summed E-state index contributed by atoms with van der Waals surface area (Å²) in [6.07, 6.45) is -17.6. The van der Waals surface area contributed by atoms with E-state index in [1.54, 1.807) is 0 Å². The molecule has 0 radical (unpaired) electrons. The first-order valence-corrected chi connectivity index (χ1v) is 9.88. The molecule has 178 valence electrons. The fraction of sp³-hybridized carbons (Fsp3) is 0.650. The Bertz CT molecular complexity index is 914. The lowest BCUT2D eigenvalue weighted by Gasteiger charge is -2.36. The second-order valence-corrected chi connectivity index (χ2v) is 8.65. The highest BCUT2D eigenvalue weighted by atomic mass is 19.4. The predicted octanol–water partition coefficient (Wildman–Crippen LogP) is 5.95. The van der Waals surface area contributed by atoms with Crippen LogP contribution in [-0.4, -0.2) is 41.9 Å². The van der Waals surface area contributed by atoms with Crippen molar-refractivity contribution in [3.8, 4) is 0 Å². The third-order valence-corrected chi connectivity index (χ3v) is 6.94. The Morgan fingerprint density at radius 2 is 1.50 bits per heavy atom. The van der Waals surface area contributed by atoms with Gasteiger partial charge in [0.05, 0.1) is 0 Å². The average molecular weight is 477 g/mol. The fourth-order valence-electron chi connectivity index (χ4n) is 5.03. The van der Waals surface area contributed by atoms with Gasteiger partial charge in [-0.15, -0.1) is 0 Å². The van der Waals surface area contributed by atoms with Crippen molar-refractivity contribution in [1.29, 1.82) is 0 Å². The maximum atomic E-state index is 14.4. The molecule has 1 heterocycles. The van der Waals surface area contributed by atoms with Crippen LogP contribution in [0.15, 0.2) is 18.2 Å². The number of benzene rings is 1. The van der Waals surface area contributed by atoms with Crippen molar-refractivity contribution < 1.29 is 48.7 Å². The van der Waals surface area contributed by atoms with Gasteiger partial charge in [0.2, 0.25) is 5.91 Å². The average Bonchev–Trinajstić information content (AvgIpc) is 3.38. The number of aryl methyl sites for hydroxylation is 1. The van der Waals surface area contributed by atoms with Gasteiger partial charge in [-0.05, 0) is 43.2 Å². The van der Waals surface area contributed by atoms with Crippen LogP contribution in [-0.2, 0) is 16.9 Å². The number of fused-ring (bicyclic) bond motifs is 3. The number of amides is 1. The summed E-state index contributed by atoms with van der Waals surface area (Å²) < 4.78 is 133. The van der Waals surface area contributed by atoms with Crippen molar-refractivity contribution in [1.82, 2.24) is 4.90 Å². The zero-order valence-electron chi connectivity index (χ0n) is 16.3. The summed E-state index contributed by atoms with van der Waals surface area (Å²) in [7, 11) is 0. The van der Waals surface area contributed by atoms with Crippen LogP contribution in [0.4, 0.5) is 43.9 Å². The minimum absolute atomic E-state index is 0.00530. The summed E-state index contributed by atoms with van der Waals surface area (Å²) in [5.74, 6) is -1.57. The van der Waals surface area contributed by atoms with Crippen molar-refractivity contribution >= 4 is 5.91 Å². The summed E-state index contributed by atoms with van der Waals surface area (Å²) in [6.45, 7) is 0.00530. The van der Waals surface area contributed by atoms with E-state index in [1.165, 1.54) is 0 Å². The number of carbonyl (C=O) groups is 1. The quantitative estimate of drug-likeness (QED) is 0.483. The van der Waals surface area contributed by atoms with E-state index in [9.17, 15) is 48.7 Å². The SMILES string of the molecule is O=C(N1CC[C@H]2c3ccc(C(F)(C(F)(F)F)C(F)(F)F)cc3CC[C@H]21)C1(C(F)(F)F)CC1. The van der Waals surface area contributed by atoms with Gasteiger partial charge in [0.15, 0.2) is 0 Å². The molecule has 0 unspecified atom stereocenters. The van der Waals surface area contributed by atoms with Crippen LogP contribution in [0.1, 0.15) is 48.3 Å². The number of hydrogen-bond acceptors (Lipinski definition) is 1. The Kier molecular flexibility index (Phi) is 4.89. The number of carbonyl (C=O) groups excluding carboxylic acids is 1. The van der Waals surface area contributed by atoms with E-state index in [0.717, 1.165) is 11.0 Å². The Hall–Kier alpha value is -2.01. The van der Waals surface area contributed by atoms with E-state index in [-0.39, 0.29) is 44.2 Å². The molecule has 4 rings (SSSR count).